The molecule has 0 amide bonds. The summed E-state index contributed by atoms with van der Waals surface area (Å²) < 4.78 is 0. The Bertz CT molecular complexity index is 520. The summed E-state index contributed by atoms with van der Waals surface area (Å²) in [6, 6.07) is 5.66. The normalized spacial score (nSPS) is 10.5. The van der Waals surface area contributed by atoms with Crippen molar-refractivity contribution in [3.8, 4) is 22.8 Å². The molecule has 0 aliphatic heterocycles. The van der Waals surface area contributed by atoms with Crippen molar-refractivity contribution in [1.82, 2.24) is 35.8 Å². The quantitative estimate of drug-likeness (QED) is 0.651. The molecule has 3 aromatic heterocycles. The lowest BCUT2D eigenvalue weighted by molar-refractivity contribution is 0.938. The standard InChI is InChI=1S/C9H7N7/c1-2-6(8-4-10-15-13-8)12-7(3-1)9-5-11-16-14-9/h1-5H,(H,10,13,15)(H,11,14,16). The summed E-state index contributed by atoms with van der Waals surface area (Å²) in [6.07, 6.45) is 3.24. The maximum Gasteiger partial charge on any atom is 0.104 e. The fraction of sp³-hybridized carbons (Fsp3) is 0. The van der Waals surface area contributed by atoms with Gasteiger partial charge >= 0.3 is 0 Å². The number of aromatic amines is 2. The van der Waals surface area contributed by atoms with Gasteiger partial charge in [-0.1, -0.05) is 16.5 Å². The third-order valence-corrected chi connectivity index (χ3v) is 2.13. The van der Waals surface area contributed by atoms with Gasteiger partial charge in [0.05, 0.1) is 23.8 Å². The Morgan fingerprint density at radius 1 is 0.812 bits per heavy atom. The summed E-state index contributed by atoms with van der Waals surface area (Å²) in [5, 5.41) is 20.2. The molecule has 0 bridgehead atoms. The van der Waals surface area contributed by atoms with Crippen LogP contribution in [0.5, 0.6) is 0 Å². The first-order valence-electron chi connectivity index (χ1n) is 4.63. The lowest BCUT2D eigenvalue weighted by Gasteiger charge is -1.99. The van der Waals surface area contributed by atoms with E-state index in [9.17, 15) is 0 Å². The van der Waals surface area contributed by atoms with Crippen molar-refractivity contribution in [2.24, 2.45) is 0 Å². The second-order valence-corrected chi connectivity index (χ2v) is 3.15. The molecule has 78 valence electrons. The smallest absolute Gasteiger partial charge is 0.104 e. The van der Waals surface area contributed by atoms with Gasteiger partial charge < -0.3 is 0 Å². The van der Waals surface area contributed by atoms with Gasteiger partial charge in [-0.25, -0.2) is 4.98 Å². The highest BCUT2D eigenvalue weighted by Gasteiger charge is 2.05. The molecular weight excluding hydrogens is 206 g/mol. The van der Waals surface area contributed by atoms with Gasteiger partial charge in [0, 0.05) is 0 Å². The van der Waals surface area contributed by atoms with Gasteiger partial charge in [0.15, 0.2) is 0 Å². The van der Waals surface area contributed by atoms with Crippen LogP contribution in [0.1, 0.15) is 0 Å². The summed E-state index contributed by atoms with van der Waals surface area (Å²) in [6.45, 7) is 0. The molecule has 0 unspecified atom stereocenters. The lowest BCUT2D eigenvalue weighted by atomic mass is 10.2. The van der Waals surface area contributed by atoms with E-state index in [0.717, 1.165) is 22.8 Å². The fourth-order valence-corrected chi connectivity index (χ4v) is 1.38. The molecule has 16 heavy (non-hydrogen) atoms. The van der Waals surface area contributed by atoms with Crippen LogP contribution in [0.3, 0.4) is 0 Å². The first kappa shape index (κ1) is 8.72. The van der Waals surface area contributed by atoms with E-state index >= 15 is 0 Å². The summed E-state index contributed by atoms with van der Waals surface area (Å²) in [5.74, 6) is 0. The van der Waals surface area contributed by atoms with Crippen LogP contribution < -0.4 is 0 Å². The summed E-state index contributed by atoms with van der Waals surface area (Å²) >= 11 is 0. The molecule has 7 heteroatoms. The minimum Gasteiger partial charge on any atom is -0.256 e. The molecule has 3 heterocycles. The second kappa shape index (κ2) is 3.54. The molecule has 0 fully saturated rings. The van der Waals surface area contributed by atoms with E-state index in [1.165, 1.54) is 0 Å². The molecule has 2 N–H and O–H groups in total. The molecule has 3 rings (SSSR count). The highest BCUT2D eigenvalue weighted by molar-refractivity contribution is 5.59. The molecule has 0 saturated heterocycles. The SMILES string of the molecule is c1cc(-c2cnn[nH]2)nc(-c2cnn[nH]2)c1. The Kier molecular flexibility index (Phi) is 1.93. The number of hydrogen-bond donors (Lipinski definition) is 2. The molecule has 0 atom stereocenters. The number of rotatable bonds is 2. The summed E-state index contributed by atoms with van der Waals surface area (Å²) in [5.41, 5.74) is 3.10. The Labute approximate surface area is 89.9 Å². The van der Waals surface area contributed by atoms with Crippen LogP contribution in [0.25, 0.3) is 22.8 Å². The minimum absolute atomic E-state index is 0.773. The highest BCUT2D eigenvalue weighted by Crippen LogP contribution is 2.17. The largest absolute Gasteiger partial charge is 0.256 e. The van der Waals surface area contributed by atoms with Crippen LogP contribution in [0.2, 0.25) is 0 Å². The van der Waals surface area contributed by atoms with Crippen LogP contribution in [0.15, 0.2) is 30.6 Å². The van der Waals surface area contributed by atoms with Crippen molar-refractivity contribution < 1.29 is 0 Å². The zero-order chi connectivity index (χ0) is 10.8. The number of aromatic nitrogens is 7. The average Bonchev–Trinajstić information content (AvgIpc) is 3.03. The molecule has 0 radical (unpaired) electrons. The van der Waals surface area contributed by atoms with E-state index in [2.05, 4.69) is 35.8 Å². The lowest BCUT2D eigenvalue weighted by Crippen LogP contribution is -1.88. The predicted octanol–water partition coefficient (Wildman–Crippen LogP) is 0.652. The first-order chi connectivity index (χ1) is 7.93. The van der Waals surface area contributed by atoms with E-state index in [1.807, 2.05) is 18.2 Å². The van der Waals surface area contributed by atoms with Gasteiger partial charge in [-0.15, -0.1) is 10.2 Å². The Hall–Kier alpha value is -2.57. The zero-order valence-corrected chi connectivity index (χ0v) is 8.12. The second-order valence-electron chi connectivity index (χ2n) is 3.15. The van der Waals surface area contributed by atoms with Crippen molar-refractivity contribution in [2.45, 2.75) is 0 Å². The molecular formula is C9H7N7. The van der Waals surface area contributed by atoms with Gasteiger partial charge in [-0.05, 0) is 12.1 Å². The third-order valence-electron chi connectivity index (χ3n) is 2.13. The van der Waals surface area contributed by atoms with Crippen molar-refractivity contribution in [3.05, 3.63) is 30.6 Å². The van der Waals surface area contributed by atoms with E-state index in [0.29, 0.717) is 0 Å². The van der Waals surface area contributed by atoms with Gasteiger partial charge in [0.2, 0.25) is 0 Å². The maximum absolute atomic E-state index is 4.44. The van der Waals surface area contributed by atoms with E-state index < -0.39 is 0 Å². The van der Waals surface area contributed by atoms with Crippen molar-refractivity contribution in [2.75, 3.05) is 0 Å². The number of H-pyrrole nitrogens is 2. The summed E-state index contributed by atoms with van der Waals surface area (Å²) in [4.78, 5) is 4.44. The van der Waals surface area contributed by atoms with Gasteiger partial charge in [0.25, 0.3) is 0 Å². The van der Waals surface area contributed by atoms with Gasteiger partial charge in [-0.3, -0.25) is 10.2 Å². The van der Waals surface area contributed by atoms with E-state index in [-0.39, 0.29) is 0 Å². The van der Waals surface area contributed by atoms with Crippen LogP contribution in [0, 0.1) is 0 Å². The first-order valence-corrected chi connectivity index (χ1v) is 4.63. The Morgan fingerprint density at radius 2 is 1.38 bits per heavy atom. The predicted molar refractivity (Wildman–Crippen MR) is 55.0 cm³/mol. The molecule has 0 aliphatic rings. The van der Waals surface area contributed by atoms with Gasteiger partial charge in [0.1, 0.15) is 11.4 Å². The highest BCUT2D eigenvalue weighted by atomic mass is 15.3. The number of hydrogen-bond acceptors (Lipinski definition) is 5. The Morgan fingerprint density at radius 3 is 1.81 bits per heavy atom. The number of pyridine rings is 1. The van der Waals surface area contributed by atoms with Crippen LogP contribution >= 0.6 is 0 Å². The van der Waals surface area contributed by atoms with Crippen molar-refractivity contribution in [3.63, 3.8) is 0 Å². The number of nitrogens with zero attached hydrogens (tertiary/aromatic N) is 5. The molecule has 7 nitrogen and oxygen atoms in total. The minimum atomic E-state index is 0.773. The van der Waals surface area contributed by atoms with Crippen molar-refractivity contribution in [1.29, 1.82) is 0 Å². The monoisotopic (exact) mass is 213 g/mol. The average molecular weight is 213 g/mol. The third kappa shape index (κ3) is 1.44. The maximum atomic E-state index is 4.44. The van der Waals surface area contributed by atoms with E-state index in [1.54, 1.807) is 12.4 Å². The topological polar surface area (TPSA) is 96.0 Å². The summed E-state index contributed by atoms with van der Waals surface area (Å²) in [7, 11) is 0. The van der Waals surface area contributed by atoms with Crippen LogP contribution in [-0.4, -0.2) is 35.8 Å². The fourth-order valence-electron chi connectivity index (χ4n) is 1.38. The molecule has 0 aromatic carbocycles. The molecule has 0 aliphatic carbocycles. The zero-order valence-electron chi connectivity index (χ0n) is 8.12. The Balaban J connectivity index is 2.07. The molecule has 0 saturated carbocycles. The van der Waals surface area contributed by atoms with Crippen LogP contribution in [0.4, 0.5) is 0 Å². The number of nitrogens with one attached hydrogen (secondary N) is 2. The molecule has 0 spiro atoms. The van der Waals surface area contributed by atoms with Gasteiger partial charge in [-0.2, -0.15) is 0 Å². The van der Waals surface area contributed by atoms with Crippen LogP contribution in [-0.2, 0) is 0 Å². The van der Waals surface area contributed by atoms with E-state index in [4.69, 9.17) is 0 Å². The van der Waals surface area contributed by atoms with Crippen molar-refractivity contribution >= 4 is 0 Å². The molecule has 3 aromatic rings.